The molecule has 6 heteroatoms. The summed E-state index contributed by atoms with van der Waals surface area (Å²) in [6.07, 6.45) is -2.99. The van der Waals surface area contributed by atoms with Gasteiger partial charge in [-0.15, -0.1) is 0 Å². The highest BCUT2D eigenvalue weighted by molar-refractivity contribution is 5.96. The van der Waals surface area contributed by atoms with E-state index in [2.05, 4.69) is 9.72 Å². The number of fused-ring (bicyclic) bond motifs is 1. The second-order valence-electron chi connectivity index (χ2n) is 5.56. The summed E-state index contributed by atoms with van der Waals surface area (Å²) in [6, 6.07) is 11.1. The van der Waals surface area contributed by atoms with Crippen LogP contribution in [0.1, 0.15) is 15.2 Å². The van der Waals surface area contributed by atoms with E-state index in [1.165, 1.54) is 18.3 Å². The molecule has 0 bridgehead atoms. The highest BCUT2D eigenvalue weighted by atomic mass is 19.4. The Kier molecular flexibility index (Phi) is 3.67. The van der Waals surface area contributed by atoms with Crippen molar-refractivity contribution in [3.63, 3.8) is 0 Å². The highest BCUT2D eigenvalue weighted by Crippen LogP contribution is 2.29. The van der Waals surface area contributed by atoms with Crippen LogP contribution in [-0.4, -0.2) is 17.8 Å². The van der Waals surface area contributed by atoms with Crippen molar-refractivity contribution in [1.82, 2.24) is 4.98 Å². The number of aryl methyl sites for hydroxylation is 1. The maximum absolute atomic E-state index is 12.2. The zero-order valence-corrected chi connectivity index (χ0v) is 13.0. The number of alkyl halides is 3. The van der Waals surface area contributed by atoms with Crippen molar-refractivity contribution < 1.29 is 22.0 Å². The summed E-state index contributed by atoms with van der Waals surface area (Å²) in [5, 5.41) is 0.742. The molecule has 3 rings (SSSR count). The molecule has 3 aromatic rings. The predicted octanol–water partition coefficient (Wildman–Crippen LogP) is 4.58. The van der Waals surface area contributed by atoms with Crippen LogP contribution >= 0.6 is 0 Å². The molecule has 0 fully saturated rings. The average Bonchev–Trinajstić information content (AvgIpc) is 2.61. The van der Waals surface area contributed by atoms with Gasteiger partial charge < -0.3 is 9.72 Å². The number of hydrogen-bond acceptors (Lipinski definition) is 2. The van der Waals surface area contributed by atoms with Gasteiger partial charge in [0, 0.05) is 21.3 Å². The van der Waals surface area contributed by atoms with Crippen molar-refractivity contribution in [2.75, 3.05) is 6.61 Å². The average molecular weight is 350 g/mol. The molecule has 0 atom stereocenters. The first-order valence-corrected chi connectivity index (χ1v) is 7.45. The number of hydrogen-bond donors (Lipinski definition) is 1. The summed E-state index contributed by atoms with van der Waals surface area (Å²) in [7, 11) is 0. The lowest BCUT2D eigenvalue weighted by molar-refractivity contribution is -0.176. The van der Waals surface area contributed by atoms with Crippen molar-refractivity contribution in [2.24, 2.45) is 0 Å². The molecule has 0 aliphatic heterocycles. The number of rotatable bonds is 4. The van der Waals surface area contributed by atoms with Crippen LogP contribution in [0.15, 0.2) is 53.5 Å². The number of benzene rings is 2. The van der Waals surface area contributed by atoms with Gasteiger partial charge >= 0.3 is 6.18 Å². The summed E-state index contributed by atoms with van der Waals surface area (Å²) in [5.41, 5.74) is 1.08. The van der Waals surface area contributed by atoms with E-state index in [0.29, 0.717) is 22.1 Å². The first-order valence-electron chi connectivity index (χ1n) is 8.95. The molecule has 0 unspecified atom stereocenters. The Bertz CT molecular complexity index is 1060. The van der Waals surface area contributed by atoms with Gasteiger partial charge in [0.05, 0.1) is 6.61 Å². The molecule has 130 valence electrons. The van der Waals surface area contributed by atoms with Gasteiger partial charge in [-0.3, -0.25) is 4.79 Å². The minimum absolute atomic E-state index is 0.140. The first-order chi connectivity index (χ1) is 13.1. The Hall–Kier alpha value is -2.60. The summed E-state index contributed by atoms with van der Waals surface area (Å²) in [5.74, 6) is 0. The SMILES string of the molecule is [2H]C([2H])([2H])c1ccccc1-c1c[nH]c(=O)c2cc(COCC(F)(F)F)ccc12. The minimum Gasteiger partial charge on any atom is -0.367 e. The topological polar surface area (TPSA) is 42.1 Å². The normalized spacial score (nSPS) is 14.1. The Morgan fingerprint density at radius 1 is 1.12 bits per heavy atom. The Balaban J connectivity index is 2.06. The molecule has 2 aromatic carbocycles. The first kappa shape index (κ1) is 13.7. The van der Waals surface area contributed by atoms with E-state index >= 15 is 0 Å². The van der Waals surface area contributed by atoms with E-state index in [1.807, 2.05) is 0 Å². The molecule has 25 heavy (non-hydrogen) atoms. The fraction of sp³-hybridized carbons (Fsp3) is 0.211. The number of H-pyrrole nitrogens is 1. The van der Waals surface area contributed by atoms with Gasteiger partial charge in [-0.2, -0.15) is 13.2 Å². The molecule has 0 spiro atoms. The molecule has 0 radical (unpaired) electrons. The van der Waals surface area contributed by atoms with E-state index < -0.39 is 25.2 Å². The van der Waals surface area contributed by atoms with Crippen molar-refractivity contribution in [3.05, 3.63) is 70.1 Å². The third kappa shape index (κ3) is 3.91. The fourth-order valence-electron chi connectivity index (χ4n) is 2.62. The van der Waals surface area contributed by atoms with Crippen molar-refractivity contribution in [3.8, 4) is 11.1 Å². The van der Waals surface area contributed by atoms with Crippen LogP contribution in [-0.2, 0) is 11.3 Å². The van der Waals surface area contributed by atoms with Gasteiger partial charge in [-0.1, -0.05) is 36.4 Å². The lowest BCUT2D eigenvalue weighted by atomic mass is 9.96. The van der Waals surface area contributed by atoms with Crippen LogP contribution in [0.3, 0.4) is 0 Å². The van der Waals surface area contributed by atoms with Gasteiger partial charge in [0.15, 0.2) is 0 Å². The van der Waals surface area contributed by atoms with Gasteiger partial charge in [0.2, 0.25) is 0 Å². The number of nitrogens with one attached hydrogen (secondary N) is 1. The van der Waals surface area contributed by atoms with Crippen LogP contribution < -0.4 is 5.56 Å². The number of aromatic amines is 1. The number of pyridine rings is 1. The molecule has 1 N–H and O–H groups in total. The molecule has 3 nitrogen and oxygen atoms in total. The van der Waals surface area contributed by atoms with Gasteiger partial charge in [-0.25, -0.2) is 0 Å². The summed E-state index contributed by atoms with van der Waals surface area (Å²) < 4.78 is 64.5. The van der Waals surface area contributed by atoms with Gasteiger partial charge in [0.25, 0.3) is 5.56 Å². The molecular formula is C19H16F3NO2. The van der Waals surface area contributed by atoms with Crippen LogP contribution in [0.4, 0.5) is 13.2 Å². The largest absolute Gasteiger partial charge is 0.411 e. The van der Waals surface area contributed by atoms with E-state index in [1.54, 1.807) is 30.3 Å². The number of aromatic nitrogens is 1. The van der Waals surface area contributed by atoms with Crippen LogP contribution in [0, 0.1) is 6.85 Å². The lowest BCUT2D eigenvalue weighted by Gasteiger charge is -2.11. The fourth-order valence-corrected chi connectivity index (χ4v) is 2.62. The summed E-state index contributed by atoms with van der Waals surface area (Å²) in [4.78, 5) is 14.8. The molecule has 1 aromatic heterocycles. The van der Waals surface area contributed by atoms with Gasteiger partial charge in [-0.05, 0) is 35.0 Å². The molecule has 0 aliphatic carbocycles. The maximum atomic E-state index is 12.2. The molecular weight excluding hydrogens is 331 g/mol. The number of halogens is 3. The summed E-state index contributed by atoms with van der Waals surface area (Å²) >= 11 is 0. The maximum Gasteiger partial charge on any atom is 0.411 e. The smallest absolute Gasteiger partial charge is 0.367 e. The molecule has 1 heterocycles. The Morgan fingerprint density at radius 2 is 1.92 bits per heavy atom. The van der Waals surface area contributed by atoms with Crippen molar-refractivity contribution >= 4 is 10.8 Å². The standard InChI is InChI=1S/C19H16F3NO2/c1-12-4-2-3-5-14(12)17-9-23-18(24)16-8-13(6-7-15(16)17)10-25-11-19(20,21)22/h2-9H,10-11H2,1H3,(H,23,24)/i1D3. The van der Waals surface area contributed by atoms with Gasteiger partial charge in [0.1, 0.15) is 6.61 Å². The monoisotopic (exact) mass is 350 g/mol. The van der Waals surface area contributed by atoms with E-state index in [4.69, 9.17) is 4.11 Å². The second kappa shape index (κ2) is 6.72. The minimum atomic E-state index is -4.43. The Morgan fingerprint density at radius 3 is 2.68 bits per heavy atom. The molecule has 0 aliphatic rings. The Labute approximate surface area is 146 Å². The highest BCUT2D eigenvalue weighted by Gasteiger charge is 2.27. The van der Waals surface area contributed by atoms with Crippen LogP contribution in [0.2, 0.25) is 0 Å². The molecule has 0 saturated carbocycles. The zero-order chi connectivity index (χ0) is 20.5. The molecule has 0 saturated heterocycles. The third-order valence-electron chi connectivity index (χ3n) is 3.72. The predicted molar refractivity (Wildman–Crippen MR) is 90.5 cm³/mol. The van der Waals surface area contributed by atoms with E-state index in [-0.39, 0.29) is 17.6 Å². The van der Waals surface area contributed by atoms with E-state index in [0.717, 1.165) is 0 Å². The summed E-state index contributed by atoms with van der Waals surface area (Å²) in [6.45, 7) is -4.03. The van der Waals surface area contributed by atoms with Crippen molar-refractivity contribution in [1.29, 1.82) is 0 Å². The van der Waals surface area contributed by atoms with Crippen LogP contribution in [0.5, 0.6) is 0 Å². The van der Waals surface area contributed by atoms with Crippen molar-refractivity contribution in [2.45, 2.75) is 19.6 Å². The quantitative estimate of drug-likeness (QED) is 0.748. The number of ether oxygens (including phenoxy) is 1. The van der Waals surface area contributed by atoms with E-state index in [9.17, 15) is 18.0 Å². The molecule has 0 amide bonds. The zero-order valence-electron chi connectivity index (χ0n) is 16.0. The second-order valence-corrected chi connectivity index (χ2v) is 5.56. The van der Waals surface area contributed by atoms with Crippen LogP contribution in [0.25, 0.3) is 21.9 Å². The lowest BCUT2D eigenvalue weighted by Crippen LogP contribution is -2.16. The third-order valence-corrected chi connectivity index (χ3v) is 3.72.